The van der Waals surface area contributed by atoms with Crippen molar-refractivity contribution in [2.24, 2.45) is 17.8 Å². The number of nitrogens with one attached hydrogen (secondary N) is 3. The number of hydroxylamine groups is 1. The van der Waals surface area contributed by atoms with Gasteiger partial charge in [-0.15, -0.1) is 0 Å². The molecule has 7 heteroatoms. The molecule has 4 N–H and O–H groups in total. The summed E-state index contributed by atoms with van der Waals surface area (Å²) in [7, 11) is 0. The third-order valence-electron chi connectivity index (χ3n) is 7.65. The number of carbonyl (C=O) groups is 2. The lowest BCUT2D eigenvalue weighted by atomic mass is 9.82. The lowest BCUT2D eigenvalue weighted by Gasteiger charge is -2.34. The van der Waals surface area contributed by atoms with Crippen LogP contribution in [-0.4, -0.2) is 40.8 Å². The Balaban J connectivity index is 2.09. The van der Waals surface area contributed by atoms with Crippen molar-refractivity contribution in [3.8, 4) is 0 Å². The van der Waals surface area contributed by atoms with Crippen LogP contribution in [0.5, 0.6) is 0 Å². The predicted octanol–water partition coefficient (Wildman–Crippen LogP) is 6.05. The van der Waals surface area contributed by atoms with Gasteiger partial charge >= 0.3 is 0 Å². The first-order valence-electron chi connectivity index (χ1n) is 15.7. The predicted molar refractivity (Wildman–Crippen MR) is 162 cm³/mol. The van der Waals surface area contributed by atoms with Crippen molar-refractivity contribution in [2.45, 2.75) is 143 Å². The van der Waals surface area contributed by atoms with Crippen LogP contribution in [0.15, 0.2) is 30.3 Å². The molecule has 0 saturated heterocycles. The van der Waals surface area contributed by atoms with E-state index in [0.717, 1.165) is 24.8 Å². The van der Waals surface area contributed by atoms with E-state index in [0.29, 0.717) is 31.1 Å². The summed E-state index contributed by atoms with van der Waals surface area (Å²) in [4.78, 5) is 32.4. The van der Waals surface area contributed by atoms with Gasteiger partial charge in [-0.3, -0.25) is 14.4 Å². The van der Waals surface area contributed by atoms with E-state index in [4.69, 9.17) is 4.84 Å². The summed E-state index contributed by atoms with van der Waals surface area (Å²) in [5, 5.41) is 17.6. The zero-order valence-electron chi connectivity index (χ0n) is 26.0. The first kappa shape index (κ1) is 34.2. The second-order valence-corrected chi connectivity index (χ2v) is 13.2. The minimum atomic E-state index is -0.722. The zero-order chi connectivity index (χ0) is 29.5. The number of amides is 2. The van der Waals surface area contributed by atoms with Crippen molar-refractivity contribution in [3.05, 3.63) is 35.9 Å². The van der Waals surface area contributed by atoms with Crippen LogP contribution < -0.4 is 16.1 Å². The molecule has 0 radical (unpaired) electrons. The molecule has 0 spiro atoms. The molecule has 0 bridgehead atoms. The van der Waals surface area contributed by atoms with Gasteiger partial charge in [-0.2, -0.15) is 5.48 Å². The van der Waals surface area contributed by atoms with Gasteiger partial charge in [-0.25, -0.2) is 0 Å². The highest BCUT2D eigenvalue weighted by Gasteiger charge is 2.32. The number of hydrogen-bond donors (Lipinski definition) is 4. The molecule has 1 aromatic rings. The highest BCUT2D eigenvalue weighted by atomic mass is 16.7. The average molecular weight is 560 g/mol. The molecule has 1 aliphatic carbocycles. The van der Waals surface area contributed by atoms with Crippen LogP contribution in [0.2, 0.25) is 0 Å². The van der Waals surface area contributed by atoms with Crippen molar-refractivity contribution in [1.29, 1.82) is 0 Å². The van der Waals surface area contributed by atoms with Gasteiger partial charge in [0.15, 0.2) is 0 Å². The topological polar surface area (TPSA) is 99.7 Å². The number of rotatable bonds is 17. The van der Waals surface area contributed by atoms with Crippen LogP contribution in [0.25, 0.3) is 0 Å². The van der Waals surface area contributed by atoms with E-state index in [1.54, 1.807) is 0 Å². The van der Waals surface area contributed by atoms with E-state index in [9.17, 15) is 14.7 Å². The quantitative estimate of drug-likeness (QED) is 0.138. The summed E-state index contributed by atoms with van der Waals surface area (Å²) >= 11 is 0. The fourth-order valence-electron chi connectivity index (χ4n) is 5.56. The van der Waals surface area contributed by atoms with Crippen LogP contribution in [0.3, 0.4) is 0 Å². The molecule has 1 aromatic carbocycles. The van der Waals surface area contributed by atoms with Crippen LogP contribution in [0.4, 0.5) is 0 Å². The zero-order valence-corrected chi connectivity index (χ0v) is 26.0. The lowest BCUT2D eigenvalue weighted by molar-refractivity contribution is -0.131. The highest BCUT2D eigenvalue weighted by molar-refractivity contribution is 5.81. The molecule has 4 atom stereocenters. The van der Waals surface area contributed by atoms with Crippen LogP contribution in [0.1, 0.15) is 118 Å². The van der Waals surface area contributed by atoms with Gasteiger partial charge in [0.2, 0.25) is 11.8 Å². The third kappa shape index (κ3) is 14.1. The molecule has 1 unspecified atom stereocenters. The number of aliphatic hydroxyl groups is 1. The van der Waals surface area contributed by atoms with Crippen LogP contribution in [-0.2, 0) is 20.8 Å². The number of aliphatic hydroxyl groups excluding tert-OH is 1. The Morgan fingerprint density at radius 1 is 1.02 bits per heavy atom. The first-order chi connectivity index (χ1) is 19.0. The minimum absolute atomic E-state index is 0.107. The maximum Gasteiger partial charge on any atom is 0.226 e. The van der Waals surface area contributed by atoms with Crippen LogP contribution in [0, 0.1) is 17.8 Å². The molecular formula is C33H57N3O4. The standard InChI is InChI=1S/C33H57N3O4/c1-7-8-19-30(34-31(38)22-26-17-13-10-14-18-26)35-32(39)27(20-24(2)3)23-29(37)28(36-40-33(4,5)6)21-25-15-11-9-12-16-25/h10,13-14,17-18,24-25,27-30,36-37H,7-9,11-12,15-16,19-23H2,1-6H3,(H,34,38)(H,35,39)/t27-,28+,29+,30?/m1/s1. The molecule has 2 rings (SSSR count). The molecule has 1 fully saturated rings. The molecule has 0 aromatic heterocycles. The fourth-order valence-corrected chi connectivity index (χ4v) is 5.56. The second kappa shape index (κ2) is 17.8. The molecule has 1 aliphatic rings. The minimum Gasteiger partial charge on any atom is -0.391 e. The molecule has 7 nitrogen and oxygen atoms in total. The van der Waals surface area contributed by atoms with E-state index in [1.807, 2.05) is 51.1 Å². The Morgan fingerprint density at radius 3 is 2.30 bits per heavy atom. The molecule has 228 valence electrons. The summed E-state index contributed by atoms with van der Waals surface area (Å²) in [5.74, 6) is 0.266. The van der Waals surface area contributed by atoms with E-state index >= 15 is 0 Å². The fraction of sp³-hybridized carbons (Fsp3) is 0.758. The number of carbonyl (C=O) groups excluding carboxylic acids is 2. The van der Waals surface area contributed by atoms with Crippen molar-refractivity contribution in [3.63, 3.8) is 0 Å². The summed E-state index contributed by atoms with van der Waals surface area (Å²) in [6.45, 7) is 12.3. The van der Waals surface area contributed by atoms with Crippen molar-refractivity contribution in [1.82, 2.24) is 16.1 Å². The molecule has 2 amide bonds. The molecule has 40 heavy (non-hydrogen) atoms. The summed E-state index contributed by atoms with van der Waals surface area (Å²) in [6, 6.07) is 9.39. The third-order valence-corrected chi connectivity index (χ3v) is 7.65. The van der Waals surface area contributed by atoms with Gasteiger partial charge in [0.25, 0.3) is 0 Å². The average Bonchev–Trinajstić information content (AvgIpc) is 2.89. The van der Waals surface area contributed by atoms with Crippen LogP contribution >= 0.6 is 0 Å². The van der Waals surface area contributed by atoms with Crippen molar-refractivity contribution < 1.29 is 19.5 Å². The second-order valence-electron chi connectivity index (χ2n) is 13.2. The maximum absolute atomic E-state index is 13.6. The first-order valence-corrected chi connectivity index (χ1v) is 15.7. The van der Waals surface area contributed by atoms with Gasteiger partial charge in [0.1, 0.15) is 6.17 Å². The highest BCUT2D eigenvalue weighted by Crippen LogP contribution is 2.30. The van der Waals surface area contributed by atoms with E-state index in [1.165, 1.54) is 32.1 Å². The molecular weight excluding hydrogens is 502 g/mol. The van der Waals surface area contributed by atoms with Crippen molar-refractivity contribution in [2.75, 3.05) is 0 Å². The van der Waals surface area contributed by atoms with Gasteiger partial charge in [-0.05, 0) is 70.3 Å². The number of hydrogen-bond acceptors (Lipinski definition) is 5. The summed E-state index contributed by atoms with van der Waals surface area (Å²) < 4.78 is 0. The Hall–Kier alpha value is -1.96. The van der Waals surface area contributed by atoms with E-state index < -0.39 is 12.3 Å². The SMILES string of the molecule is CCCCC(NC(=O)Cc1ccccc1)NC(=O)[C@H](CC(C)C)C[C@H](O)[C@H](CC1CCCCC1)NOC(C)(C)C. The number of unbranched alkanes of at least 4 members (excludes halogenated alkanes) is 1. The van der Waals surface area contributed by atoms with E-state index in [2.05, 4.69) is 36.9 Å². The Kier molecular flexibility index (Phi) is 15.2. The van der Waals surface area contributed by atoms with Gasteiger partial charge < -0.3 is 15.7 Å². The van der Waals surface area contributed by atoms with Gasteiger partial charge in [0.05, 0.1) is 24.2 Å². The van der Waals surface area contributed by atoms with E-state index in [-0.39, 0.29) is 35.8 Å². The van der Waals surface area contributed by atoms with Gasteiger partial charge in [-0.1, -0.05) is 89.6 Å². The molecule has 0 aliphatic heterocycles. The monoisotopic (exact) mass is 559 g/mol. The van der Waals surface area contributed by atoms with Crippen molar-refractivity contribution >= 4 is 11.8 Å². The molecule has 0 heterocycles. The Labute approximate surface area is 243 Å². The largest absolute Gasteiger partial charge is 0.391 e. The molecule has 1 saturated carbocycles. The smallest absolute Gasteiger partial charge is 0.226 e. The lowest BCUT2D eigenvalue weighted by Crippen LogP contribution is -2.51. The van der Waals surface area contributed by atoms with Gasteiger partial charge in [0, 0.05) is 5.92 Å². The summed E-state index contributed by atoms with van der Waals surface area (Å²) in [6.07, 6.45) is 9.62. The Morgan fingerprint density at radius 2 is 1.70 bits per heavy atom. The Bertz CT molecular complexity index is 849. The maximum atomic E-state index is 13.6. The summed E-state index contributed by atoms with van der Waals surface area (Å²) in [5.41, 5.74) is 3.74. The number of benzene rings is 1. The normalized spacial score (nSPS) is 17.7.